The summed E-state index contributed by atoms with van der Waals surface area (Å²) < 4.78 is 0. The van der Waals surface area contributed by atoms with Gasteiger partial charge < -0.3 is 4.90 Å². The van der Waals surface area contributed by atoms with E-state index in [4.69, 9.17) is 5.26 Å². The maximum absolute atomic E-state index is 12.3. The van der Waals surface area contributed by atoms with E-state index in [1.807, 2.05) is 26.8 Å². The summed E-state index contributed by atoms with van der Waals surface area (Å²) in [7, 11) is 0. The number of nitriles is 1. The van der Waals surface area contributed by atoms with E-state index in [1.165, 1.54) is 11.3 Å². The van der Waals surface area contributed by atoms with Crippen molar-refractivity contribution in [3.05, 3.63) is 21.7 Å². The summed E-state index contributed by atoms with van der Waals surface area (Å²) in [5.74, 6) is -0.233. The smallest absolute Gasteiger partial charge is 0.284 e. The Morgan fingerprint density at radius 1 is 1.41 bits per heavy atom. The summed E-state index contributed by atoms with van der Waals surface area (Å²) in [6.07, 6.45) is 2.42. The fraction of sp³-hybridized carbons (Fsp3) is 0.533. The molecule has 22 heavy (non-hydrogen) atoms. The highest BCUT2D eigenvalue weighted by Gasteiger charge is 2.52. The van der Waals surface area contributed by atoms with Crippen LogP contribution in [0, 0.1) is 29.1 Å². The highest BCUT2D eigenvalue weighted by atomic mass is 32.1. The number of carbonyl (C=O) groups is 2. The number of ketones is 1. The third-order valence-electron chi connectivity index (χ3n) is 4.23. The zero-order chi connectivity index (χ0) is 16.1. The van der Waals surface area contributed by atoms with Gasteiger partial charge >= 0.3 is 0 Å². The van der Waals surface area contributed by atoms with Gasteiger partial charge in [0.1, 0.15) is 11.1 Å². The Kier molecular flexibility index (Phi) is 3.18. The number of amides is 1. The third-order valence-corrected chi connectivity index (χ3v) is 5.06. The van der Waals surface area contributed by atoms with Crippen molar-refractivity contribution in [3.8, 4) is 6.07 Å². The average molecular weight is 316 g/mol. The molecule has 0 atom stereocenters. The molecule has 2 heterocycles. The molecule has 0 aromatic carbocycles. The summed E-state index contributed by atoms with van der Waals surface area (Å²) >= 11 is 1.28. The molecule has 1 aliphatic carbocycles. The molecule has 6 nitrogen and oxygen atoms in total. The van der Waals surface area contributed by atoms with Gasteiger partial charge in [0.2, 0.25) is 5.01 Å². The van der Waals surface area contributed by atoms with Crippen LogP contribution in [0.2, 0.25) is 0 Å². The minimum absolute atomic E-state index is 0.106. The third kappa shape index (κ3) is 2.24. The van der Waals surface area contributed by atoms with Crippen LogP contribution in [0.15, 0.2) is 11.6 Å². The van der Waals surface area contributed by atoms with E-state index < -0.39 is 5.41 Å². The first kappa shape index (κ1) is 14.9. The molecule has 1 aromatic rings. The second-order valence-electron chi connectivity index (χ2n) is 6.71. The van der Waals surface area contributed by atoms with Crippen molar-refractivity contribution in [3.63, 3.8) is 0 Å². The monoisotopic (exact) mass is 316 g/mol. The first-order chi connectivity index (χ1) is 10.3. The van der Waals surface area contributed by atoms with Gasteiger partial charge in [-0.1, -0.05) is 31.3 Å². The first-order valence-corrected chi connectivity index (χ1v) is 7.85. The van der Waals surface area contributed by atoms with Gasteiger partial charge in [0.15, 0.2) is 5.78 Å². The van der Waals surface area contributed by atoms with Crippen LogP contribution in [0.1, 0.15) is 35.1 Å². The zero-order valence-electron chi connectivity index (χ0n) is 12.7. The molecule has 7 heteroatoms. The second-order valence-corrected chi connectivity index (χ2v) is 7.89. The number of hydrogen-bond donors (Lipinski definition) is 0. The van der Waals surface area contributed by atoms with Gasteiger partial charge in [0.25, 0.3) is 5.91 Å². The second kappa shape index (κ2) is 4.71. The molecule has 0 unspecified atom stereocenters. The fourth-order valence-corrected chi connectivity index (χ4v) is 4.07. The molecule has 1 aromatic heterocycles. The lowest BCUT2D eigenvalue weighted by Gasteiger charge is -2.52. The molecule has 1 amide bonds. The van der Waals surface area contributed by atoms with Gasteiger partial charge in [-0.25, -0.2) is 0 Å². The predicted octanol–water partition coefficient (Wildman–Crippen LogP) is 1.74. The number of nitrogens with zero attached hydrogens (tertiary/aromatic N) is 4. The lowest BCUT2D eigenvalue weighted by Crippen LogP contribution is -2.60. The topological polar surface area (TPSA) is 86.9 Å². The van der Waals surface area contributed by atoms with E-state index in [1.54, 1.807) is 11.0 Å². The Morgan fingerprint density at radius 2 is 2.09 bits per heavy atom. The van der Waals surface area contributed by atoms with Crippen LogP contribution >= 0.6 is 11.3 Å². The summed E-state index contributed by atoms with van der Waals surface area (Å²) in [5.41, 5.74) is -0.610. The van der Waals surface area contributed by atoms with Crippen LogP contribution in [0.3, 0.4) is 0 Å². The average Bonchev–Trinajstić information content (AvgIpc) is 2.85. The summed E-state index contributed by atoms with van der Waals surface area (Å²) in [6.45, 7) is 6.57. The molecule has 1 aliphatic heterocycles. The summed E-state index contributed by atoms with van der Waals surface area (Å²) in [6, 6.07) is 2.00. The Morgan fingerprint density at radius 3 is 2.64 bits per heavy atom. The van der Waals surface area contributed by atoms with Crippen molar-refractivity contribution in [1.82, 2.24) is 15.1 Å². The Balaban J connectivity index is 1.79. The number of hydrogen-bond acceptors (Lipinski definition) is 6. The van der Waals surface area contributed by atoms with E-state index in [0.717, 1.165) is 5.01 Å². The van der Waals surface area contributed by atoms with Gasteiger partial charge in [-0.3, -0.25) is 9.59 Å². The number of rotatable bonds is 1. The summed E-state index contributed by atoms with van der Waals surface area (Å²) in [5, 5.41) is 18.1. The minimum Gasteiger partial charge on any atom is -0.335 e. The molecule has 1 fully saturated rings. The van der Waals surface area contributed by atoms with Gasteiger partial charge in [-0.15, -0.1) is 10.2 Å². The van der Waals surface area contributed by atoms with Crippen LogP contribution in [-0.4, -0.2) is 39.9 Å². The van der Waals surface area contributed by atoms with E-state index in [-0.39, 0.29) is 22.7 Å². The number of likely N-dealkylation sites (tertiary alicyclic amines) is 1. The zero-order valence-corrected chi connectivity index (χ0v) is 13.5. The van der Waals surface area contributed by atoms with Gasteiger partial charge in [-0.05, 0) is 13.3 Å². The van der Waals surface area contributed by atoms with E-state index >= 15 is 0 Å². The largest absolute Gasteiger partial charge is 0.335 e. The van der Waals surface area contributed by atoms with Crippen molar-refractivity contribution in [2.45, 2.75) is 27.2 Å². The molecule has 114 valence electrons. The van der Waals surface area contributed by atoms with Crippen molar-refractivity contribution in [1.29, 1.82) is 5.26 Å². The molecule has 0 bridgehead atoms. The van der Waals surface area contributed by atoms with Crippen LogP contribution in [0.5, 0.6) is 0 Å². The molecule has 0 saturated carbocycles. The number of aryl methyl sites for hydroxylation is 1. The van der Waals surface area contributed by atoms with Crippen LogP contribution in [-0.2, 0) is 4.79 Å². The SMILES string of the molecule is Cc1nnc(C(=O)N2CC3(C=C(C#N)C(=O)C(C)(C)C3)C2)s1. The Hall–Kier alpha value is -2.07. The van der Waals surface area contributed by atoms with Gasteiger partial charge in [-0.2, -0.15) is 5.26 Å². The van der Waals surface area contributed by atoms with E-state index in [2.05, 4.69) is 10.2 Å². The van der Waals surface area contributed by atoms with Crippen molar-refractivity contribution < 1.29 is 9.59 Å². The maximum atomic E-state index is 12.3. The predicted molar refractivity (Wildman–Crippen MR) is 80.1 cm³/mol. The van der Waals surface area contributed by atoms with Gasteiger partial charge in [0, 0.05) is 23.9 Å². The molecule has 0 radical (unpaired) electrons. The molecular formula is C15H16N4O2S. The lowest BCUT2D eigenvalue weighted by molar-refractivity contribution is -0.127. The van der Waals surface area contributed by atoms with Crippen LogP contribution in [0.25, 0.3) is 0 Å². The van der Waals surface area contributed by atoms with Crippen molar-refractivity contribution >= 4 is 23.0 Å². The normalized spacial score (nSPS) is 22.0. The molecule has 2 aliphatic rings. The van der Waals surface area contributed by atoms with Crippen LogP contribution in [0.4, 0.5) is 0 Å². The number of carbonyl (C=O) groups excluding carboxylic acids is 2. The number of aromatic nitrogens is 2. The first-order valence-electron chi connectivity index (χ1n) is 7.03. The number of allylic oxidation sites excluding steroid dienone is 1. The maximum Gasteiger partial charge on any atom is 0.284 e. The van der Waals surface area contributed by atoms with E-state index in [9.17, 15) is 9.59 Å². The Bertz CT molecular complexity index is 735. The van der Waals surface area contributed by atoms with Crippen LogP contribution < -0.4 is 0 Å². The molecule has 1 saturated heterocycles. The Labute approximate surface area is 132 Å². The fourth-order valence-electron chi connectivity index (χ4n) is 3.41. The minimum atomic E-state index is -0.561. The molecule has 3 rings (SSSR count). The number of Topliss-reactive ketones (excluding diaryl/α,β-unsaturated/α-hetero) is 1. The standard InChI is InChI=1S/C15H16N4O2S/c1-9-17-18-12(22-9)13(21)19-7-15(8-19)4-10(5-16)11(20)14(2,3)6-15/h4H,6-8H2,1-3H3. The van der Waals surface area contributed by atoms with Crippen molar-refractivity contribution in [2.75, 3.05) is 13.1 Å². The highest BCUT2D eigenvalue weighted by Crippen LogP contribution is 2.48. The van der Waals surface area contributed by atoms with Crippen molar-refractivity contribution in [2.24, 2.45) is 10.8 Å². The summed E-state index contributed by atoms with van der Waals surface area (Å²) in [4.78, 5) is 26.2. The molecule has 1 spiro atoms. The van der Waals surface area contributed by atoms with Gasteiger partial charge in [0.05, 0.1) is 5.57 Å². The lowest BCUT2D eigenvalue weighted by atomic mass is 9.61. The van der Waals surface area contributed by atoms with E-state index in [0.29, 0.717) is 24.5 Å². The quantitative estimate of drug-likeness (QED) is 0.787. The molecule has 0 N–H and O–H groups in total. The molecular weight excluding hydrogens is 300 g/mol. The highest BCUT2D eigenvalue weighted by molar-refractivity contribution is 7.13.